The Labute approximate surface area is 81.8 Å². The molecule has 1 unspecified atom stereocenters. The third kappa shape index (κ3) is 1.99. The Kier molecular flexibility index (Phi) is 3.27. The van der Waals surface area contributed by atoms with Crippen molar-refractivity contribution < 1.29 is 4.39 Å². The largest absolute Gasteiger partial charge is 0.205 e. The molecule has 0 fully saturated rings. The van der Waals surface area contributed by atoms with Crippen LogP contribution in [-0.2, 0) is 0 Å². The van der Waals surface area contributed by atoms with Gasteiger partial charge in [-0.25, -0.2) is 4.39 Å². The van der Waals surface area contributed by atoms with E-state index in [9.17, 15) is 4.39 Å². The van der Waals surface area contributed by atoms with E-state index in [0.717, 1.165) is 0 Å². The maximum absolute atomic E-state index is 13.3. The molecule has 13 heavy (non-hydrogen) atoms. The number of hydrogen-bond acceptors (Lipinski definition) is 1. The quantitative estimate of drug-likeness (QED) is 0.712. The Morgan fingerprint density at radius 3 is 2.85 bits per heavy atom. The van der Waals surface area contributed by atoms with Crippen molar-refractivity contribution in [3.8, 4) is 6.07 Å². The van der Waals surface area contributed by atoms with E-state index in [4.69, 9.17) is 16.9 Å². The molecule has 1 rings (SSSR count). The number of nitrogens with zero attached hydrogens (tertiary/aromatic N) is 1. The fourth-order valence-corrected chi connectivity index (χ4v) is 1.35. The first-order valence-electron chi connectivity index (χ1n) is 4.04. The highest BCUT2D eigenvalue weighted by Gasteiger charge is 2.14. The van der Waals surface area contributed by atoms with E-state index in [1.54, 1.807) is 12.1 Å². The van der Waals surface area contributed by atoms with Crippen molar-refractivity contribution in [2.24, 2.45) is 0 Å². The molecule has 0 aliphatic heterocycles. The lowest BCUT2D eigenvalue weighted by Crippen LogP contribution is -1.97. The topological polar surface area (TPSA) is 23.8 Å². The summed E-state index contributed by atoms with van der Waals surface area (Å²) in [7, 11) is 0. The van der Waals surface area contributed by atoms with E-state index >= 15 is 0 Å². The standard InChI is InChI=1S/C10H9ClFN/c1-2-7(6-13)8-4-3-5-9(11)10(8)12/h3-5,7H,2H2,1H3. The van der Waals surface area contributed by atoms with Gasteiger partial charge in [-0.3, -0.25) is 0 Å². The van der Waals surface area contributed by atoms with Crippen LogP contribution < -0.4 is 0 Å². The Morgan fingerprint density at radius 2 is 2.31 bits per heavy atom. The van der Waals surface area contributed by atoms with Crippen LogP contribution in [0.25, 0.3) is 0 Å². The van der Waals surface area contributed by atoms with Crippen LogP contribution in [0.15, 0.2) is 18.2 Å². The van der Waals surface area contributed by atoms with Crippen molar-refractivity contribution in [1.29, 1.82) is 5.26 Å². The van der Waals surface area contributed by atoms with Gasteiger partial charge in [-0.2, -0.15) is 5.26 Å². The molecule has 1 atom stereocenters. The van der Waals surface area contributed by atoms with Gasteiger partial charge in [0.05, 0.1) is 17.0 Å². The lowest BCUT2D eigenvalue weighted by molar-refractivity contribution is 0.598. The van der Waals surface area contributed by atoms with Gasteiger partial charge in [-0.1, -0.05) is 30.7 Å². The molecular formula is C10H9ClFN. The molecule has 0 bridgehead atoms. The minimum atomic E-state index is -0.474. The molecule has 0 aliphatic rings. The molecule has 0 aliphatic carbocycles. The number of hydrogen-bond donors (Lipinski definition) is 0. The van der Waals surface area contributed by atoms with Crippen LogP contribution in [0.3, 0.4) is 0 Å². The van der Waals surface area contributed by atoms with Crippen LogP contribution in [-0.4, -0.2) is 0 Å². The molecule has 1 aromatic rings. The average Bonchev–Trinajstić information content (AvgIpc) is 2.14. The molecule has 68 valence electrons. The molecule has 0 heterocycles. The molecule has 0 amide bonds. The molecule has 0 radical (unpaired) electrons. The number of nitriles is 1. The van der Waals surface area contributed by atoms with Crippen molar-refractivity contribution in [3.63, 3.8) is 0 Å². The first-order valence-corrected chi connectivity index (χ1v) is 4.42. The van der Waals surface area contributed by atoms with Crippen LogP contribution in [0.2, 0.25) is 5.02 Å². The average molecular weight is 198 g/mol. The van der Waals surface area contributed by atoms with Gasteiger partial charge in [0, 0.05) is 5.56 Å². The lowest BCUT2D eigenvalue weighted by atomic mass is 9.98. The summed E-state index contributed by atoms with van der Waals surface area (Å²) < 4.78 is 13.3. The van der Waals surface area contributed by atoms with Gasteiger partial charge in [0.1, 0.15) is 5.82 Å². The summed E-state index contributed by atoms with van der Waals surface area (Å²) in [5, 5.41) is 8.81. The third-order valence-electron chi connectivity index (χ3n) is 1.92. The van der Waals surface area contributed by atoms with E-state index < -0.39 is 11.7 Å². The maximum Gasteiger partial charge on any atom is 0.146 e. The highest BCUT2D eigenvalue weighted by Crippen LogP contribution is 2.26. The smallest absolute Gasteiger partial charge is 0.146 e. The summed E-state index contributed by atoms with van der Waals surface area (Å²) >= 11 is 5.59. The van der Waals surface area contributed by atoms with Crippen LogP contribution in [0.4, 0.5) is 4.39 Å². The second-order valence-electron chi connectivity index (χ2n) is 2.73. The van der Waals surface area contributed by atoms with Crippen molar-refractivity contribution in [2.45, 2.75) is 19.3 Å². The molecular weight excluding hydrogens is 189 g/mol. The van der Waals surface area contributed by atoms with Crippen molar-refractivity contribution in [1.82, 2.24) is 0 Å². The van der Waals surface area contributed by atoms with Gasteiger partial charge in [0.15, 0.2) is 0 Å². The van der Waals surface area contributed by atoms with Crippen LogP contribution >= 0.6 is 11.6 Å². The molecule has 1 nitrogen and oxygen atoms in total. The molecule has 0 saturated heterocycles. The molecule has 0 aromatic heterocycles. The minimum Gasteiger partial charge on any atom is -0.205 e. The molecule has 0 spiro atoms. The molecule has 0 saturated carbocycles. The monoisotopic (exact) mass is 197 g/mol. The predicted octanol–water partition coefficient (Wildman–Crippen LogP) is 3.50. The molecule has 3 heteroatoms. The van der Waals surface area contributed by atoms with E-state index in [2.05, 4.69) is 0 Å². The number of halogens is 2. The second kappa shape index (κ2) is 4.25. The van der Waals surface area contributed by atoms with E-state index in [1.807, 2.05) is 13.0 Å². The lowest BCUT2D eigenvalue weighted by Gasteiger charge is -2.07. The van der Waals surface area contributed by atoms with Gasteiger partial charge < -0.3 is 0 Å². The second-order valence-corrected chi connectivity index (χ2v) is 3.14. The Morgan fingerprint density at radius 1 is 1.62 bits per heavy atom. The molecule has 0 N–H and O–H groups in total. The minimum absolute atomic E-state index is 0.0752. The van der Waals surface area contributed by atoms with Crippen LogP contribution in [0.5, 0.6) is 0 Å². The van der Waals surface area contributed by atoms with Gasteiger partial charge in [-0.05, 0) is 12.5 Å². The van der Waals surface area contributed by atoms with Gasteiger partial charge in [0.25, 0.3) is 0 Å². The van der Waals surface area contributed by atoms with Crippen molar-refractivity contribution >= 4 is 11.6 Å². The summed E-state index contributed by atoms with van der Waals surface area (Å²) in [4.78, 5) is 0. The Hall–Kier alpha value is -1.07. The Balaban J connectivity index is 3.15. The van der Waals surface area contributed by atoms with Crippen LogP contribution in [0.1, 0.15) is 24.8 Å². The first kappa shape index (κ1) is 10.0. The van der Waals surface area contributed by atoms with Crippen molar-refractivity contribution in [2.75, 3.05) is 0 Å². The maximum atomic E-state index is 13.3. The summed E-state index contributed by atoms with van der Waals surface area (Å²) in [5.74, 6) is -0.878. The highest BCUT2D eigenvalue weighted by atomic mass is 35.5. The summed E-state index contributed by atoms with van der Waals surface area (Å²) in [6, 6.07) is 6.76. The van der Waals surface area contributed by atoms with Gasteiger partial charge in [-0.15, -0.1) is 0 Å². The zero-order chi connectivity index (χ0) is 9.84. The fourth-order valence-electron chi connectivity index (χ4n) is 1.17. The normalized spacial score (nSPS) is 12.2. The van der Waals surface area contributed by atoms with Crippen LogP contribution in [0, 0.1) is 17.1 Å². The van der Waals surface area contributed by atoms with E-state index in [0.29, 0.717) is 12.0 Å². The Bertz CT molecular complexity index is 343. The summed E-state index contributed by atoms with van der Waals surface area (Å²) in [5.41, 5.74) is 0.387. The van der Waals surface area contributed by atoms with Gasteiger partial charge >= 0.3 is 0 Å². The van der Waals surface area contributed by atoms with Crippen molar-refractivity contribution in [3.05, 3.63) is 34.6 Å². The zero-order valence-electron chi connectivity index (χ0n) is 7.22. The van der Waals surface area contributed by atoms with Gasteiger partial charge in [0.2, 0.25) is 0 Å². The highest BCUT2D eigenvalue weighted by molar-refractivity contribution is 6.30. The van der Waals surface area contributed by atoms with E-state index in [-0.39, 0.29) is 5.02 Å². The SMILES string of the molecule is CCC(C#N)c1cccc(Cl)c1F. The molecule has 1 aromatic carbocycles. The summed E-state index contributed by atoms with van der Waals surface area (Å²) in [6.07, 6.45) is 0.591. The zero-order valence-corrected chi connectivity index (χ0v) is 7.98. The number of rotatable bonds is 2. The third-order valence-corrected chi connectivity index (χ3v) is 2.21. The van der Waals surface area contributed by atoms with E-state index in [1.165, 1.54) is 6.07 Å². The predicted molar refractivity (Wildman–Crippen MR) is 50.1 cm³/mol. The summed E-state index contributed by atoms with van der Waals surface area (Å²) in [6.45, 7) is 1.84. The number of benzene rings is 1. The fraction of sp³-hybridized carbons (Fsp3) is 0.300. The first-order chi connectivity index (χ1) is 6.20.